The summed E-state index contributed by atoms with van der Waals surface area (Å²) in [6.07, 6.45) is 5.01. The molecule has 0 fully saturated rings. The average Bonchev–Trinajstić information content (AvgIpc) is 2.97. The first-order valence-corrected chi connectivity index (χ1v) is 8.91. The lowest BCUT2D eigenvalue weighted by atomic mass is 10.1. The van der Waals surface area contributed by atoms with E-state index in [2.05, 4.69) is 4.98 Å². The van der Waals surface area contributed by atoms with Gasteiger partial charge in [-0.05, 0) is 48.0 Å². The molecule has 0 radical (unpaired) electrons. The molecule has 0 saturated heterocycles. The van der Waals surface area contributed by atoms with E-state index in [1.165, 1.54) is 0 Å². The molecule has 1 aliphatic rings. The third kappa shape index (κ3) is 3.82. The van der Waals surface area contributed by atoms with Gasteiger partial charge in [0.15, 0.2) is 5.76 Å². The molecule has 0 aliphatic carbocycles. The van der Waals surface area contributed by atoms with Crippen LogP contribution in [-0.4, -0.2) is 10.8 Å². The van der Waals surface area contributed by atoms with Crippen LogP contribution in [0.3, 0.4) is 0 Å². The summed E-state index contributed by atoms with van der Waals surface area (Å²) in [5.74, 6) is 1.17. The van der Waals surface area contributed by atoms with Crippen molar-refractivity contribution in [2.75, 3.05) is 0 Å². The summed E-state index contributed by atoms with van der Waals surface area (Å²) in [4.78, 5) is 16.4. The number of carbonyl (C=O) groups excluding carboxylic acids is 1. The molecule has 0 saturated carbocycles. The van der Waals surface area contributed by atoms with Crippen LogP contribution in [-0.2, 0) is 6.61 Å². The van der Waals surface area contributed by atoms with Gasteiger partial charge in [-0.15, -0.1) is 0 Å². The SMILES string of the molecule is O=C1C(=Cc2ccncc2)Oc2cc(OCc3ccc(Cl)cc3Cl)ccc21. The van der Waals surface area contributed by atoms with Gasteiger partial charge in [0.25, 0.3) is 0 Å². The number of nitrogens with zero attached hydrogens (tertiary/aromatic N) is 1. The highest BCUT2D eigenvalue weighted by Gasteiger charge is 2.27. The zero-order valence-corrected chi connectivity index (χ0v) is 15.5. The van der Waals surface area contributed by atoms with Crippen molar-refractivity contribution in [2.24, 2.45) is 0 Å². The molecule has 0 amide bonds. The molecule has 1 aromatic heterocycles. The molecule has 0 bridgehead atoms. The molecule has 4 rings (SSSR count). The van der Waals surface area contributed by atoms with E-state index in [1.54, 1.807) is 60.9 Å². The largest absolute Gasteiger partial charge is 0.489 e. The van der Waals surface area contributed by atoms with Gasteiger partial charge in [-0.1, -0.05) is 29.3 Å². The number of benzene rings is 2. The van der Waals surface area contributed by atoms with E-state index in [-0.39, 0.29) is 18.1 Å². The second kappa shape index (κ2) is 7.43. The van der Waals surface area contributed by atoms with Gasteiger partial charge in [0.05, 0.1) is 5.56 Å². The van der Waals surface area contributed by atoms with Gasteiger partial charge >= 0.3 is 0 Å². The Hall–Kier alpha value is -2.82. The van der Waals surface area contributed by atoms with Gasteiger partial charge in [-0.3, -0.25) is 9.78 Å². The number of carbonyl (C=O) groups is 1. The maximum absolute atomic E-state index is 12.5. The van der Waals surface area contributed by atoms with Crippen molar-refractivity contribution in [3.63, 3.8) is 0 Å². The van der Waals surface area contributed by atoms with E-state index < -0.39 is 0 Å². The summed E-state index contributed by atoms with van der Waals surface area (Å²) >= 11 is 12.1. The van der Waals surface area contributed by atoms with Crippen LogP contribution in [0.2, 0.25) is 10.0 Å². The maximum Gasteiger partial charge on any atom is 0.231 e. The fourth-order valence-electron chi connectivity index (χ4n) is 2.67. The van der Waals surface area contributed by atoms with Crippen molar-refractivity contribution in [2.45, 2.75) is 6.61 Å². The summed E-state index contributed by atoms with van der Waals surface area (Å²) in [5.41, 5.74) is 2.17. The molecule has 3 aromatic rings. The fraction of sp³-hybridized carbons (Fsp3) is 0.0476. The smallest absolute Gasteiger partial charge is 0.231 e. The number of halogens is 2. The molecule has 0 N–H and O–H groups in total. The van der Waals surface area contributed by atoms with E-state index in [0.29, 0.717) is 27.1 Å². The molecular formula is C21H13Cl2NO3. The van der Waals surface area contributed by atoms with Crippen LogP contribution >= 0.6 is 23.2 Å². The predicted octanol–water partition coefficient (Wildman–Crippen LogP) is 5.58. The normalized spacial score (nSPS) is 14.1. The zero-order valence-electron chi connectivity index (χ0n) is 14.0. The first-order chi connectivity index (χ1) is 13.1. The van der Waals surface area contributed by atoms with Gasteiger partial charge in [0, 0.05) is 34.1 Å². The maximum atomic E-state index is 12.5. The first kappa shape index (κ1) is 17.6. The molecule has 0 unspecified atom stereocenters. The lowest BCUT2D eigenvalue weighted by Crippen LogP contribution is -1.98. The van der Waals surface area contributed by atoms with Crippen molar-refractivity contribution >= 4 is 35.1 Å². The second-order valence-electron chi connectivity index (χ2n) is 5.90. The Morgan fingerprint density at radius 1 is 1.04 bits per heavy atom. The Morgan fingerprint density at radius 3 is 2.63 bits per heavy atom. The molecule has 6 heteroatoms. The van der Waals surface area contributed by atoms with E-state index in [0.717, 1.165) is 11.1 Å². The highest BCUT2D eigenvalue weighted by molar-refractivity contribution is 6.35. The third-order valence-corrected chi connectivity index (χ3v) is 4.64. The minimum Gasteiger partial charge on any atom is -0.489 e. The number of Topliss-reactive ketones (excluding diaryl/α,β-unsaturated/α-hetero) is 1. The van der Waals surface area contributed by atoms with Crippen LogP contribution in [0.4, 0.5) is 0 Å². The molecule has 2 aromatic carbocycles. The molecule has 134 valence electrons. The van der Waals surface area contributed by atoms with E-state index in [9.17, 15) is 4.79 Å². The predicted molar refractivity (Wildman–Crippen MR) is 104 cm³/mol. The Balaban J connectivity index is 1.51. The van der Waals surface area contributed by atoms with Gasteiger partial charge in [0.2, 0.25) is 5.78 Å². The number of allylic oxidation sites excluding steroid dienone is 1. The van der Waals surface area contributed by atoms with Crippen molar-refractivity contribution in [3.8, 4) is 11.5 Å². The monoisotopic (exact) mass is 397 g/mol. The lowest BCUT2D eigenvalue weighted by molar-refractivity contribution is 0.101. The summed E-state index contributed by atoms with van der Waals surface area (Å²) in [6.45, 7) is 0.280. The first-order valence-electron chi connectivity index (χ1n) is 8.15. The van der Waals surface area contributed by atoms with E-state index in [4.69, 9.17) is 32.7 Å². The van der Waals surface area contributed by atoms with Crippen LogP contribution in [0.25, 0.3) is 6.08 Å². The van der Waals surface area contributed by atoms with Crippen LogP contribution < -0.4 is 9.47 Å². The Kier molecular flexibility index (Phi) is 4.84. The zero-order chi connectivity index (χ0) is 18.8. The molecule has 2 heterocycles. The fourth-order valence-corrected chi connectivity index (χ4v) is 3.13. The minimum atomic E-state index is -0.158. The van der Waals surface area contributed by atoms with Gasteiger partial charge in [-0.25, -0.2) is 0 Å². The number of ether oxygens (including phenoxy) is 2. The number of ketones is 1. The summed E-state index contributed by atoms with van der Waals surface area (Å²) in [5, 5.41) is 1.11. The number of aromatic nitrogens is 1. The van der Waals surface area contributed by atoms with Crippen molar-refractivity contribution in [3.05, 3.63) is 93.4 Å². The number of hydrogen-bond donors (Lipinski definition) is 0. The molecule has 0 atom stereocenters. The summed E-state index contributed by atoms with van der Waals surface area (Å²) in [7, 11) is 0. The van der Waals surface area contributed by atoms with Gasteiger partial charge in [0.1, 0.15) is 18.1 Å². The number of pyridine rings is 1. The minimum absolute atomic E-state index is 0.158. The van der Waals surface area contributed by atoms with Gasteiger partial charge < -0.3 is 9.47 Å². The Morgan fingerprint density at radius 2 is 1.85 bits per heavy atom. The van der Waals surface area contributed by atoms with Crippen molar-refractivity contribution in [1.82, 2.24) is 4.98 Å². The second-order valence-corrected chi connectivity index (χ2v) is 6.75. The quantitative estimate of drug-likeness (QED) is 0.538. The van der Waals surface area contributed by atoms with Crippen LogP contribution in [0, 0.1) is 0 Å². The van der Waals surface area contributed by atoms with Crippen LogP contribution in [0.15, 0.2) is 66.7 Å². The highest BCUT2D eigenvalue weighted by atomic mass is 35.5. The Labute approximate surface area is 166 Å². The van der Waals surface area contributed by atoms with Crippen molar-refractivity contribution in [1.29, 1.82) is 0 Å². The summed E-state index contributed by atoms with van der Waals surface area (Å²) < 4.78 is 11.5. The van der Waals surface area contributed by atoms with Crippen LogP contribution in [0.5, 0.6) is 11.5 Å². The molecule has 0 spiro atoms. The third-order valence-electron chi connectivity index (χ3n) is 4.05. The number of rotatable bonds is 4. The van der Waals surface area contributed by atoms with Gasteiger partial charge in [-0.2, -0.15) is 0 Å². The Bertz CT molecular complexity index is 1050. The molecule has 27 heavy (non-hydrogen) atoms. The molecular weight excluding hydrogens is 385 g/mol. The molecule has 1 aliphatic heterocycles. The number of fused-ring (bicyclic) bond motifs is 1. The van der Waals surface area contributed by atoms with Crippen LogP contribution in [0.1, 0.15) is 21.5 Å². The van der Waals surface area contributed by atoms with E-state index in [1.807, 2.05) is 6.07 Å². The lowest BCUT2D eigenvalue weighted by Gasteiger charge is -2.09. The molecule has 4 nitrogen and oxygen atoms in total. The average molecular weight is 398 g/mol. The highest BCUT2D eigenvalue weighted by Crippen LogP contribution is 2.35. The summed E-state index contributed by atoms with van der Waals surface area (Å²) in [6, 6.07) is 14.0. The van der Waals surface area contributed by atoms with E-state index >= 15 is 0 Å². The topological polar surface area (TPSA) is 48.4 Å². The number of hydrogen-bond acceptors (Lipinski definition) is 4. The standard InChI is InChI=1S/C21H13Cl2NO3/c22-15-2-1-14(18(23)10-15)12-26-16-3-4-17-19(11-16)27-20(21(17)25)9-13-5-7-24-8-6-13/h1-11H,12H2. The van der Waals surface area contributed by atoms with Crippen molar-refractivity contribution < 1.29 is 14.3 Å².